The molecule has 4 aromatic rings. The molecule has 0 aliphatic heterocycles. The number of anilines is 1. The number of nitrogens with zero attached hydrogens (tertiary/aromatic N) is 3. The smallest absolute Gasteiger partial charge is 0.234 e. The molecule has 33 heavy (non-hydrogen) atoms. The molecule has 0 atom stereocenters. The van der Waals surface area contributed by atoms with Crippen molar-refractivity contribution in [2.75, 3.05) is 11.1 Å². The van der Waals surface area contributed by atoms with Crippen LogP contribution < -0.4 is 5.32 Å². The third kappa shape index (κ3) is 5.18. The Morgan fingerprint density at radius 2 is 1.67 bits per heavy atom. The number of rotatable bonds is 7. The molecule has 0 bridgehead atoms. The van der Waals surface area contributed by atoms with Crippen LogP contribution in [0.4, 0.5) is 10.1 Å². The Bertz CT molecular complexity index is 1300. The van der Waals surface area contributed by atoms with Gasteiger partial charge in [-0.3, -0.25) is 14.2 Å². The lowest BCUT2D eigenvalue weighted by Gasteiger charge is -2.11. The summed E-state index contributed by atoms with van der Waals surface area (Å²) in [4.78, 5) is 23.9. The van der Waals surface area contributed by atoms with Crippen molar-refractivity contribution < 1.29 is 14.0 Å². The maximum atomic E-state index is 14.5. The van der Waals surface area contributed by atoms with Crippen molar-refractivity contribution in [3.05, 3.63) is 89.7 Å². The fourth-order valence-electron chi connectivity index (χ4n) is 3.22. The largest absolute Gasteiger partial charge is 0.325 e. The lowest BCUT2D eigenvalue weighted by molar-refractivity contribution is -0.113. The highest BCUT2D eigenvalue weighted by Gasteiger charge is 2.19. The SMILES string of the molecule is CC(=O)c1ccc(NC(=O)CSc2nnc(-c3ccccc3F)n2-c2ccc(C)cc2)cc1. The molecule has 0 aliphatic carbocycles. The Morgan fingerprint density at radius 1 is 0.970 bits per heavy atom. The van der Waals surface area contributed by atoms with Gasteiger partial charge in [0.15, 0.2) is 16.8 Å². The molecule has 0 spiro atoms. The number of aryl methyl sites for hydroxylation is 1. The monoisotopic (exact) mass is 460 g/mol. The lowest BCUT2D eigenvalue weighted by Crippen LogP contribution is -2.14. The highest BCUT2D eigenvalue weighted by atomic mass is 32.2. The lowest BCUT2D eigenvalue weighted by atomic mass is 10.1. The second kappa shape index (κ2) is 9.79. The van der Waals surface area contributed by atoms with Crippen LogP contribution in [0.2, 0.25) is 0 Å². The molecule has 0 unspecified atom stereocenters. The van der Waals surface area contributed by atoms with E-state index in [4.69, 9.17) is 0 Å². The summed E-state index contributed by atoms with van der Waals surface area (Å²) < 4.78 is 16.3. The topological polar surface area (TPSA) is 76.9 Å². The third-order valence-electron chi connectivity index (χ3n) is 4.95. The van der Waals surface area contributed by atoms with E-state index >= 15 is 0 Å². The number of halogens is 1. The summed E-state index contributed by atoms with van der Waals surface area (Å²) in [5.41, 5.74) is 3.36. The number of thioether (sulfide) groups is 1. The second-order valence-electron chi connectivity index (χ2n) is 7.43. The average molecular weight is 461 g/mol. The normalized spacial score (nSPS) is 10.8. The summed E-state index contributed by atoms with van der Waals surface area (Å²) in [6.07, 6.45) is 0. The Labute approximate surface area is 194 Å². The molecule has 0 saturated carbocycles. The van der Waals surface area contributed by atoms with Crippen LogP contribution in [0.5, 0.6) is 0 Å². The molecule has 1 N–H and O–H groups in total. The number of ketones is 1. The van der Waals surface area contributed by atoms with Gasteiger partial charge in [-0.2, -0.15) is 0 Å². The molecule has 6 nitrogen and oxygen atoms in total. The summed E-state index contributed by atoms with van der Waals surface area (Å²) in [6.45, 7) is 3.47. The van der Waals surface area contributed by atoms with Crippen LogP contribution in [-0.4, -0.2) is 32.2 Å². The maximum absolute atomic E-state index is 14.5. The van der Waals surface area contributed by atoms with E-state index in [1.165, 1.54) is 24.8 Å². The average Bonchev–Trinajstić information content (AvgIpc) is 3.22. The Kier molecular flexibility index (Phi) is 6.65. The molecular formula is C25H21FN4O2S. The van der Waals surface area contributed by atoms with Crippen molar-refractivity contribution in [1.29, 1.82) is 0 Å². The first-order chi connectivity index (χ1) is 15.9. The van der Waals surface area contributed by atoms with Crippen LogP contribution in [0.1, 0.15) is 22.8 Å². The molecule has 8 heteroatoms. The van der Waals surface area contributed by atoms with E-state index in [1.54, 1.807) is 47.0 Å². The zero-order valence-corrected chi connectivity index (χ0v) is 18.9. The fraction of sp³-hybridized carbons (Fsp3) is 0.120. The fourth-order valence-corrected chi connectivity index (χ4v) is 3.97. The summed E-state index contributed by atoms with van der Waals surface area (Å²) in [6, 6.07) is 20.8. The molecule has 0 radical (unpaired) electrons. The van der Waals surface area contributed by atoms with Crippen molar-refractivity contribution in [3.63, 3.8) is 0 Å². The number of hydrogen-bond acceptors (Lipinski definition) is 5. The van der Waals surface area contributed by atoms with Crippen molar-refractivity contribution in [1.82, 2.24) is 14.8 Å². The summed E-state index contributed by atoms with van der Waals surface area (Å²) >= 11 is 1.20. The number of aromatic nitrogens is 3. The highest BCUT2D eigenvalue weighted by Crippen LogP contribution is 2.29. The third-order valence-corrected chi connectivity index (χ3v) is 5.88. The zero-order chi connectivity index (χ0) is 23.4. The number of nitrogens with one attached hydrogen (secondary N) is 1. The van der Waals surface area contributed by atoms with Crippen LogP contribution in [0.15, 0.2) is 78.0 Å². The van der Waals surface area contributed by atoms with Crippen molar-refractivity contribution in [2.24, 2.45) is 0 Å². The van der Waals surface area contributed by atoms with Gasteiger partial charge in [0.1, 0.15) is 5.82 Å². The first-order valence-electron chi connectivity index (χ1n) is 10.2. The number of carbonyl (C=O) groups excluding carboxylic acids is 2. The summed E-state index contributed by atoms with van der Waals surface area (Å²) in [5.74, 6) is -0.234. The van der Waals surface area contributed by atoms with Crippen molar-refractivity contribution in [3.8, 4) is 17.1 Å². The van der Waals surface area contributed by atoms with E-state index < -0.39 is 5.82 Å². The van der Waals surface area contributed by atoms with Crippen LogP contribution in [0, 0.1) is 12.7 Å². The van der Waals surface area contributed by atoms with Gasteiger partial charge in [-0.15, -0.1) is 10.2 Å². The van der Waals surface area contributed by atoms with Gasteiger partial charge in [0, 0.05) is 16.9 Å². The highest BCUT2D eigenvalue weighted by molar-refractivity contribution is 7.99. The predicted octanol–water partition coefficient (Wildman–Crippen LogP) is 5.32. The molecule has 1 aromatic heterocycles. The molecule has 4 rings (SSSR count). The van der Waals surface area contributed by atoms with E-state index in [9.17, 15) is 14.0 Å². The molecular weight excluding hydrogens is 439 g/mol. The van der Waals surface area contributed by atoms with E-state index in [0.717, 1.165) is 11.3 Å². The Balaban J connectivity index is 1.57. The van der Waals surface area contributed by atoms with Gasteiger partial charge >= 0.3 is 0 Å². The summed E-state index contributed by atoms with van der Waals surface area (Å²) in [5, 5.41) is 11.7. The molecule has 0 saturated heterocycles. The van der Waals surface area contributed by atoms with Gasteiger partial charge in [0.2, 0.25) is 5.91 Å². The van der Waals surface area contributed by atoms with E-state index in [2.05, 4.69) is 15.5 Å². The van der Waals surface area contributed by atoms with Crippen molar-refractivity contribution in [2.45, 2.75) is 19.0 Å². The first-order valence-corrected chi connectivity index (χ1v) is 11.2. The molecule has 1 heterocycles. The van der Waals surface area contributed by atoms with Gasteiger partial charge in [-0.25, -0.2) is 4.39 Å². The minimum Gasteiger partial charge on any atom is -0.325 e. The van der Waals surface area contributed by atoms with Crippen LogP contribution >= 0.6 is 11.8 Å². The van der Waals surface area contributed by atoms with Gasteiger partial charge in [-0.05, 0) is 62.4 Å². The molecule has 0 aliphatic rings. The van der Waals surface area contributed by atoms with Crippen LogP contribution in [0.3, 0.4) is 0 Å². The Morgan fingerprint density at radius 3 is 2.33 bits per heavy atom. The van der Waals surface area contributed by atoms with E-state index in [0.29, 0.717) is 27.8 Å². The van der Waals surface area contributed by atoms with Gasteiger partial charge in [0.05, 0.1) is 11.3 Å². The second-order valence-corrected chi connectivity index (χ2v) is 8.37. The molecule has 1 amide bonds. The van der Waals surface area contributed by atoms with E-state index in [1.807, 2.05) is 31.2 Å². The van der Waals surface area contributed by atoms with E-state index in [-0.39, 0.29) is 17.4 Å². The van der Waals surface area contributed by atoms with Gasteiger partial charge in [0.25, 0.3) is 0 Å². The van der Waals surface area contributed by atoms with Gasteiger partial charge < -0.3 is 5.32 Å². The summed E-state index contributed by atoms with van der Waals surface area (Å²) in [7, 11) is 0. The minimum atomic E-state index is -0.401. The predicted molar refractivity (Wildman–Crippen MR) is 127 cm³/mol. The van der Waals surface area contributed by atoms with Crippen LogP contribution in [0.25, 0.3) is 17.1 Å². The number of Topliss-reactive ketones (excluding diaryl/α,β-unsaturated/α-hetero) is 1. The number of hydrogen-bond donors (Lipinski definition) is 1. The zero-order valence-electron chi connectivity index (χ0n) is 18.1. The number of carbonyl (C=O) groups is 2. The molecule has 3 aromatic carbocycles. The quantitative estimate of drug-likeness (QED) is 0.299. The Hall–Kier alpha value is -3.78. The molecule has 0 fully saturated rings. The van der Waals surface area contributed by atoms with Crippen LogP contribution in [-0.2, 0) is 4.79 Å². The van der Waals surface area contributed by atoms with Gasteiger partial charge in [-0.1, -0.05) is 41.6 Å². The van der Waals surface area contributed by atoms with Crippen molar-refractivity contribution >= 4 is 29.1 Å². The standard InChI is InChI=1S/C25H21FN4O2S/c1-16-7-13-20(14-8-16)30-24(21-5-3-4-6-22(21)26)28-29-25(30)33-15-23(32)27-19-11-9-18(10-12-19)17(2)31/h3-14H,15H2,1-2H3,(H,27,32). The minimum absolute atomic E-state index is 0.0375. The maximum Gasteiger partial charge on any atom is 0.234 e. The number of amides is 1. The number of benzene rings is 3. The molecule has 166 valence electrons. The first kappa shape index (κ1) is 22.4.